The first-order chi connectivity index (χ1) is 12.0. The average molecular weight is 341 g/mol. The lowest BCUT2D eigenvalue weighted by atomic mass is 10.2. The van der Waals surface area contributed by atoms with E-state index in [1.54, 1.807) is 0 Å². The Labute approximate surface area is 143 Å². The molecule has 2 aromatic rings. The van der Waals surface area contributed by atoms with Gasteiger partial charge in [-0.05, 0) is 29.8 Å². The molecule has 0 unspecified atom stereocenters. The fourth-order valence-electron chi connectivity index (χ4n) is 2.55. The van der Waals surface area contributed by atoms with Gasteiger partial charge in [0.05, 0.1) is 13.0 Å². The van der Waals surface area contributed by atoms with Crippen LogP contribution in [0.25, 0.3) is 0 Å². The number of nitrogens with one attached hydrogen (secondary N) is 2. The number of halogens is 1. The van der Waals surface area contributed by atoms with Gasteiger partial charge in [0.25, 0.3) is 5.91 Å². The zero-order chi connectivity index (χ0) is 17.8. The van der Waals surface area contributed by atoms with Crippen molar-refractivity contribution >= 4 is 17.7 Å². The Bertz CT molecular complexity index is 793. The number of hydrogen-bond acceptors (Lipinski definition) is 4. The molecule has 3 amide bonds. The predicted octanol–water partition coefficient (Wildman–Crippen LogP) is 1.39. The first kappa shape index (κ1) is 16.8. The summed E-state index contributed by atoms with van der Waals surface area (Å²) in [6, 6.07) is 13.4. The van der Waals surface area contributed by atoms with Gasteiger partial charge < -0.3 is 0 Å². The van der Waals surface area contributed by atoms with Crippen LogP contribution in [0.1, 0.15) is 22.3 Å². The summed E-state index contributed by atoms with van der Waals surface area (Å²) in [7, 11) is 0. The van der Waals surface area contributed by atoms with Crippen molar-refractivity contribution in [2.75, 3.05) is 0 Å². The molecule has 2 aromatic carbocycles. The second kappa shape index (κ2) is 7.23. The highest BCUT2D eigenvalue weighted by atomic mass is 19.1. The third-order valence-corrected chi connectivity index (χ3v) is 3.89. The molecule has 1 atom stereocenters. The lowest BCUT2D eigenvalue weighted by Gasteiger charge is -2.16. The Kier molecular flexibility index (Phi) is 4.85. The van der Waals surface area contributed by atoms with Crippen LogP contribution >= 0.6 is 0 Å². The van der Waals surface area contributed by atoms with Gasteiger partial charge in [-0.3, -0.25) is 24.7 Å². The van der Waals surface area contributed by atoms with E-state index in [2.05, 4.69) is 10.9 Å². The standard InChI is InChI=1S/C18H16FN3O3/c19-14-8-6-13(7-9-14)17(24)21-20-15-10-16(23)22(18(15)25)11-12-4-2-1-3-5-12/h1-9,15,20H,10-11H2,(H,21,24)/t15-/m0/s1. The minimum Gasteiger partial charge on any atom is -0.287 e. The smallest absolute Gasteiger partial charge is 0.265 e. The number of carbonyl (C=O) groups is 3. The monoisotopic (exact) mass is 341 g/mol. The molecular weight excluding hydrogens is 325 g/mol. The summed E-state index contributed by atoms with van der Waals surface area (Å²) >= 11 is 0. The minimum absolute atomic E-state index is 0.0324. The van der Waals surface area contributed by atoms with Crippen molar-refractivity contribution in [2.45, 2.75) is 19.0 Å². The lowest BCUT2D eigenvalue weighted by molar-refractivity contribution is -0.139. The van der Waals surface area contributed by atoms with E-state index in [1.165, 1.54) is 24.3 Å². The number of hydrazine groups is 1. The van der Waals surface area contributed by atoms with Crippen molar-refractivity contribution in [1.29, 1.82) is 0 Å². The number of hydrogen-bond donors (Lipinski definition) is 2. The second-order valence-electron chi connectivity index (χ2n) is 5.67. The van der Waals surface area contributed by atoms with Crippen LogP contribution in [0.2, 0.25) is 0 Å². The zero-order valence-electron chi connectivity index (χ0n) is 13.2. The molecule has 128 valence electrons. The first-order valence-electron chi connectivity index (χ1n) is 7.74. The van der Waals surface area contributed by atoms with Crippen molar-refractivity contribution in [3.8, 4) is 0 Å². The van der Waals surface area contributed by atoms with E-state index in [0.29, 0.717) is 0 Å². The topological polar surface area (TPSA) is 78.5 Å². The van der Waals surface area contributed by atoms with Gasteiger partial charge in [-0.2, -0.15) is 0 Å². The van der Waals surface area contributed by atoms with E-state index >= 15 is 0 Å². The normalized spacial score (nSPS) is 17.0. The summed E-state index contributed by atoms with van der Waals surface area (Å²) in [5.41, 5.74) is 6.06. The molecule has 6 nitrogen and oxygen atoms in total. The van der Waals surface area contributed by atoms with Gasteiger partial charge in [0.15, 0.2) is 0 Å². The maximum absolute atomic E-state index is 12.9. The molecule has 0 saturated carbocycles. The zero-order valence-corrected chi connectivity index (χ0v) is 13.2. The summed E-state index contributed by atoms with van der Waals surface area (Å²) in [6.45, 7) is 0.197. The maximum atomic E-state index is 12.9. The largest absolute Gasteiger partial charge is 0.287 e. The molecule has 1 aliphatic heterocycles. The Balaban J connectivity index is 1.58. The number of carbonyl (C=O) groups excluding carboxylic acids is 3. The van der Waals surface area contributed by atoms with Crippen molar-refractivity contribution in [1.82, 2.24) is 15.8 Å². The molecule has 0 aliphatic carbocycles. The van der Waals surface area contributed by atoms with Crippen LogP contribution in [0.5, 0.6) is 0 Å². The lowest BCUT2D eigenvalue weighted by Crippen LogP contribution is -2.48. The van der Waals surface area contributed by atoms with Crippen LogP contribution in [0.3, 0.4) is 0 Å². The Morgan fingerprint density at radius 3 is 2.44 bits per heavy atom. The molecule has 1 aliphatic rings. The second-order valence-corrected chi connectivity index (χ2v) is 5.67. The summed E-state index contributed by atoms with van der Waals surface area (Å²) in [5.74, 6) is -1.66. The van der Waals surface area contributed by atoms with E-state index in [0.717, 1.165) is 10.5 Å². The van der Waals surface area contributed by atoms with Crippen LogP contribution in [0.4, 0.5) is 4.39 Å². The molecule has 0 spiro atoms. The summed E-state index contributed by atoms with van der Waals surface area (Å²) in [6.07, 6.45) is -0.0324. The van der Waals surface area contributed by atoms with E-state index in [9.17, 15) is 18.8 Å². The molecule has 25 heavy (non-hydrogen) atoms. The molecule has 0 bridgehead atoms. The summed E-state index contributed by atoms with van der Waals surface area (Å²) < 4.78 is 12.9. The molecule has 7 heteroatoms. The number of amides is 3. The average Bonchev–Trinajstić information content (AvgIpc) is 2.89. The van der Waals surface area contributed by atoms with E-state index < -0.39 is 23.7 Å². The highest BCUT2D eigenvalue weighted by Gasteiger charge is 2.38. The summed E-state index contributed by atoms with van der Waals surface area (Å²) in [5, 5.41) is 0. The quantitative estimate of drug-likeness (QED) is 0.636. The molecule has 1 saturated heterocycles. The number of likely N-dealkylation sites (tertiary alicyclic amines) is 1. The summed E-state index contributed by atoms with van der Waals surface area (Å²) in [4.78, 5) is 37.5. The molecule has 3 rings (SSSR count). The van der Waals surface area contributed by atoms with Gasteiger partial charge in [0, 0.05) is 5.56 Å². The minimum atomic E-state index is -0.819. The fourth-order valence-corrected chi connectivity index (χ4v) is 2.55. The van der Waals surface area contributed by atoms with Gasteiger partial charge in [0.1, 0.15) is 11.9 Å². The van der Waals surface area contributed by atoms with Crippen LogP contribution in [-0.4, -0.2) is 28.7 Å². The predicted molar refractivity (Wildman–Crippen MR) is 87.4 cm³/mol. The van der Waals surface area contributed by atoms with E-state index in [1.807, 2.05) is 30.3 Å². The van der Waals surface area contributed by atoms with E-state index in [-0.39, 0.29) is 24.4 Å². The SMILES string of the molecule is O=C(NN[C@H]1CC(=O)N(Cc2ccccc2)C1=O)c1ccc(F)cc1. The van der Waals surface area contributed by atoms with Gasteiger partial charge >= 0.3 is 0 Å². The first-order valence-corrected chi connectivity index (χ1v) is 7.74. The number of benzene rings is 2. The third kappa shape index (κ3) is 3.89. The Morgan fingerprint density at radius 2 is 1.76 bits per heavy atom. The molecule has 1 fully saturated rings. The molecule has 0 radical (unpaired) electrons. The van der Waals surface area contributed by atoms with Gasteiger partial charge in [-0.1, -0.05) is 30.3 Å². The van der Waals surface area contributed by atoms with Crippen LogP contribution < -0.4 is 10.9 Å². The van der Waals surface area contributed by atoms with Gasteiger partial charge in [-0.15, -0.1) is 0 Å². The van der Waals surface area contributed by atoms with Crippen molar-refractivity contribution in [3.63, 3.8) is 0 Å². The van der Waals surface area contributed by atoms with Crippen molar-refractivity contribution < 1.29 is 18.8 Å². The van der Waals surface area contributed by atoms with Crippen LogP contribution in [0, 0.1) is 5.82 Å². The molecule has 1 heterocycles. The van der Waals surface area contributed by atoms with Crippen LogP contribution in [-0.2, 0) is 16.1 Å². The number of rotatable bonds is 5. The highest BCUT2D eigenvalue weighted by Crippen LogP contribution is 2.16. The van der Waals surface area contributed by atoms with E-state index in [4.69, 9.17) is 0 Å². The number of imide groups is 1. The maximum Gasteiger partial charge on any atom is 0.265 e. The third-order valence-electron chi connectivity index (χ3n) is 3.89. The Morgan fingerprint density at radius 1 is 1.08 bits per heavy atom. The fraction of sp³-hybridized carbons (Fsp3) is 0.167. The molecule has 0 aromatic heterocycles. The molecular formula is C18H16FN3O3. The Hall–Kier alpha value is -3.06. The van der Waals surface area contributed by atoms with Gasteiger partial charge in [0.2, 0.25) is 11.8 Å². The van der Waals surface area contributed by atoms with Gasteiger partial charge in [-0.25, -0.2) is 9.82 Å². The number of nitrogens with zero attached hydrogens (tertiary/aromatic N) is 1. The van der Waals surface area contributed by atoms with Crippen molar-refractivity contribution in [2.24, 2.45) is 0 Å². The molecule has 2 N–H and O–H groups in total. The van der Waals surface area contributed by atoms with Crippen LogP contribution in [0.15, 0.2) is 54.6 Å². The highest BCUT2D eigenvalue weighted by molar-refractivity contribution is 6.05. The van der Waals surface area contributed by atoms with Crippen molar-refractivity contribution in [3.05, 3.63) is 71.5 Å².